The van der Waals surface area contributed by atoms with Gasteiger partial charge in [0.15, 0.2) is 0 Å². The molecule has 15 heavy (non-hydrogen) atoms. The Morgan fingerprint density at radius 1 is 1.20 bits per heavy atom. The first-order valence-corrected chi connectivity index (χ1v) is 6.19. The van der Waals surface area contributed by atoms with Gasteiger partial charge in [0.2, 0.25) is 0 Å². The van der Waals surface area contributed by atoms with Crippen LogP contribution in [0.4, 0.5) is 0 Å². The second kappa shape index (κ2) is 5.57. The Bertz CT molecular complexity index is 366. The first-order valence-electron chi connectivity index (χ1n) is 3.35. The third kappa shape index (κ3) is 3.11. The monoisotopic (exact) mass is 412 g/mol. The average molecular weight is 412 g/mol. The standard InChI is InChI=1S/C7H6O5.Bi.H2O.O/c8-4-1-3(7(11)12)2-5(9)6(4)10;;;/h1-2,8-10H,(H,11,12);;1H2;/q;+1;;/p-1. The fraction of sp³-hybridized carbons (Fsp3) is 0. The fourth-order valence-corrected chi connectivity index (χ4v) is 1.48. The molecule has 0 atom stereocenters. The molecule has 0 amide bonds. The predicted molar refractivity (Wildman–Crippen MR) is 46.9 cm³/mol. The first kappa shape index (κ1) is 13.7. The fourth-order valence-electron chi connectivity index (χ4n) is 0.809. The van der Waals surface area contributed by atoms with Crippen LogP contribution < -0.4 is 0 Å². The SMILES string of the molecule is O.[O]=[Bi][O]C(=O)c1cc(O)c(O)c(O)c1. The molecule has 0 bridgehead atoms. The van der Waals surface area contributed by atoms with Crippen LogP contribution in [-0.4, -0.2) is 50.4 Å². The second-order valence-corrected chi connectivity index (χ2v) is 3.61. The number of carbonyl (C=O) groups excluding carboxylic acids is 1. The summed E-state index contributed by atoms with van der Waals surface area (Å²) < 4.78 is 14.4. The Morgan fingerprint density at radius 3 is 2.07 bits per heavy atom. The van der Waals surface area contributed by atoms with Crippen LogP contribution in [0.15, 0.2) is 12.1 Å². The van der Waals surface area contributed by atoms with Crippen molar-refractivity contribution in [2.75, 3.05) is 0 Å². The maximum atomic E-state index is 11.0. The molecule has 0 aliphatic rings. The van der Waals surface area contributed by atoms with Gasteiger partial charge in [-0.3, -0.25) is 0 Å². The third-order valence-corrected chi connectivity index (χ3v) is 2.36. The normalized spacial score (nSPS) is 8.80. The summed E-state index contributed by atoms with van der Waals surface area (Å²) in [6.07, 6.45) is 0. The molecule has 7 nitrogen and oxygen atoms in total. The number of rotatable bonds is 2. The molecule has 0 unspecified atom stereocenters. The minimum absolute atomic E-state index is 0. The van der Waals surface area contributed by atoms with Gasteiger partial charge in [0, 0.05) is 0 Å². The first-order chi connectivity index (χ1) is 6.56. The van der Waals surface area contributed by atoms with E-state index >= 15 is 0 Å². The molecular formula is C7H7BiO7. The van der Waals surface area contributed by atoms with Crippen LogP contribution in [-0.2, 0) is 5.63 Å². The van der Waals surface area contributed by atoms with Crippen molar-refractivity contribution in [2.24, 2.45) is 0 Å². The van der Waals surface area contributed by atoms with Crippen molar-refractivity contribution in [2.45, 2.75) is 0 Å². The summed E-state index contributed by atoms with van der Waals surface area (Å²) in [4.78, 5) is 11.0. The zero-order chi connectivity index (χ0) is 10.7. The van der Waals surface area contributed by atoms with Gasteiger partial charge in [-0.1, -0.05) is 0 Å². The zero-order valence-corrected chi connectivity index (χ0v) is 10.6. The predicted octanol–water partition coefficient (Wildman–Crippen LogP) is -0.900. The Labute approximate surface area is 95.9 Å². The third-order valence-electron chi connectivity index (χ3n) is 1.43. The van der Waals surface area contributed by atoms with Gasteiger partial charge in [0.1, 0.15) is 0 Å². The van der Waals surface area contributed by atoms with E-state index in [-0.39, 0.29) is 11.0 Å². The van der Waals surface area contributed by atoms with E-state index < -0.39 is 46.9 Å². The molecule has 0 fully saturated rings. The molecule has 5 N–H and O–H groups in total. The zero-order valence-electron chi connectivity index (χ0n) is 7.17. The van der Waals surface area contributed by atoms with E-state index in [1.807, 2.05) is 0 Å². The van der Waals surface area contributed by atoms with Crippen LogP contribution in [0.5, 0.6) is 17.2 Å². The number of phenols is 3. The van der Waals surface area contributed by atoms with Crippen molar-refractivity contribution in [3.63, 3.8) is 0 Å². The van der Waals surface area contributed by atoms with Crippen LogP contribution >= 0.6 is 0 Å². The van der Waals surface area contributed by atoms with Crippen LogP contribution in [0.3, 0.4) is 0 Å². The summed E-state index contributed by atoms with van der Waals surface area (Å²) in [5.41, 5.74) is -0.169. The van der Waals surface area contributed by atoms with E-state index in [4.69, 9.17) is 15.3 Å². The molecule has 1 aromatic rings. The molecule has 0 spiro atoms. The Kier molecular flexibility index (Phi) is 5.10. The van der Waals surface area contributed by atoms with E-state index in [1.54, 1.807) is 0 Å². The summed E-state index contributed by atoms with van der Waals surface area (Å²) in [6.45, 7) is 0. The summed E-state index contributed by atoms with van der Waals surface area (Å²) in [5.74, 6) is -2.91. The number of hydrogen-bond donors (Lipinski definition) is 3. The number of phenolic OH excluding ortho intramolecular Hbond substituents is 3. The number of carbonyl (C=O) groups is 1. The molecule has 0 aliphatic carbocycles. The molecule has 8 heteroatoms. The molecule has 0 saturated heterocycles. The summed E-state index contributed by atoms with van der Waals surface area (Å²) in [5, 5.41) is 27.0. The Balaban J connectivity index is 0.00000196. The molecule has 0 aromatic heterocycles. The molecule has 0 aliphatic heterocycles. The van der Waals surface area contributed by atoms with Crippen molar-refractivity contribution in [1.29, 1.82) is 0 Å². The molecule has 0 radical (unpaired) electrons. The van der Waals surface area contributed by atoms with E-state index in [2.05, 4.69) is 2.81 Å². The Hall–Kier alpha value is -1.27. The summed E-state index contributed by atoms with van der Waals surface area (Å²) in [7, 11) is 0. The summed E-state index contributed by atoms with van der Waals surface area (Å²) in [6, 6.07) is 1.82. The molecule has 1 aromatic carbocycles. The van der Waals surface area contributed by atoms with Crippen molar-refractivity contribution in [3.8, 4) is 17.2 Å². The van der Waals surface area contributed by atoms with Gasteiger partial charge in [0.25, 0.3) is 0 Å². The van der Waals surface area contributed by atoms with Crippen LogP contribution in [0.1, 0.15) is 10.4 Å². The summed E-state index contributed by atoms with van der Waals surface area (Å²) >= 11 is -2.46. The number of aromatic hydroxyl groups is 3. The van der Waals surface area contributed by atoms with Crippen molar-refractivity contribution in [3.05, 3.63) is 17.7 Å². The molecule has 0 saturated carbocycles. The molecule has 1 rings (SSSR count). The van der Waals surface area contributed by atoms with E-state index in [0.29, 0.717) is 0 Å². The average Bonchev–Trinajstić information content (AvgIpc) is 2.13. The topological polar surface area (TPSA) is 136 Å². The molecule has 82 valence electrons. The minimum atomic E-state index is -2.46. The van der Waals surface area contributed by atoms with Crippen molar-refractivity contribution in [1.82, 2.24) is 0 Å². The number of benzene rings is 1. The van der Waals surface area contributed by atoms with Crippen molar-refractivity contribution >= 4 is 29.6 Å². The van der Waals surface area contributed by atoms with Gasteiger partial charge < -0.3 is 5.48 Å². The van der Waals surface area contributed by atoms with Gasteiger partial charge >= 0.3 is 90.3 Å². The van der Waals surface area contributed by atoms with Crippen molar-refractivity contribution < 1.29 is 31.2 Å². The molecule has 0 heterocycles. The van der Waals surface area contributed by atoms with E-state index in [9.17, 15) is 7.61 Å². The molecular weight excluding hydrogens is 405 g/mol. The van der Waals surface area contributed by atoms with E-state index in [1.165, 1.54) is 0 Å². The quantitative estimate of drug-likeness (QED) is 0.426. The van der Waals surface area contributed by atoms with E-state index in [0.717, 1.165) is 12.1 Å². The van der Waals surface area contributed by atoms with Crippen LogP contribution in [0, 0.1) is 0 Å². The number of hydrogen-bond acceptors (Lipinski definition) is 6. The van der Waals surface area contributed by atoms with Gasteiger partial charge in [-0.05, 0) is 0 Å². The second-order valence-electron chi connectivity index (χ2n) is 2.32. The van der Waals surface area contributed by atoms with Crippen LogP contribution in [0.2, 0.25) is 0 Å². The van der Waals surface area contributed by atoms with Gasteiger partial charge in [-0.15, -0.1) is 0 Å². The van der Waals surface area contributed by atoms with Gasteiger partial charge in [0.05, 0.1) is 0 Å². The van der Waals surface area contributed by atoms with Crippen LogP contribution in [0.25, 0.3) is 0 Å². The van der Waals surface area contributed by atoms with Gasteiger partial charge in [-0.2, -0.15) is 0 Å². The Morgan fingerprint density at radius 2 is 1.67 bits per heavy atom. The maximum absolute atomic E-state index is 11.0. The van der Waals surface area contributed by atoms with Gasteiger partial charge in [-0.25, -0.2) is 0 Å².